The molecule has 1 N–H and O–H groups in total. The molecule has 30 heavy (non-hydrogen) atoms. The zero-order chi connectivity index (χ0) is 22.0. The lowest BCUT2D eigenvalue weighted by molar-refractivity contribution is -0.139. The molecule has 0 aliphatic carbocycles. The highest BCUT2D eigenvalue weighted by Gasteiger charge is 2.45. The summed E-state index contributed by atoms with van der Waals surface area (Å²) in [5, 5.41) is 11.2. The third-order valence-corrected chi connectivity index (χ3v) is 5.86. The molecule has 1 atom stereocenters. The van der Waals surface area contributed by atoms with Gasteiger partial charge < -0.3 is 10.0 Å². The number of benzene rings is 2. The van der Waals surface area contributed by atoms with Gasteiger partial charge in [-0.05, 0) is 48.9 Å². The van der Waals surface area contributed by atoms with Gasteiger partial charge in [0.25, 0.3) is 11.7 Å². The predicted molar refractivity (Wildman–Crippen MR) is 120 cm³/mol. The van der Waals surface area contributed by atoms with E-state index in [0.717, 1.165) is 29.5 Å². The Balaban J connectivity index is 2.18. The van der Waals surface area contributed by atoms with E-state index in [9.17, 15) is 14.7 Å². The van der Waals surface area contributed by atoms with Crippen molar-refractivity contribution in [1.29, 1.82) is 0 Å². The monoisotopic (exact) mass is 405 g/mol. The van der Waals surface area contributed by atoms with E-state index in [1.807, 2.05) is 56.3 Å². The van der Waals surface area contributed by atoms with Crippen LogP contribution in [-0.2, 0) is 9.59 Å². The summed E-state index contributed by atoms with van der Waals surface area (Å²) in [6, 6.07) is 13.2. The maximum Gasteiger partial charge on any atom is 0.295 e. The number of rotatable bonds is 6. The van der Waals surface area contributed by atoms with Crippen LogP contribution in [-0.4, -0.2) is 28.2 Å². The minimum atomic E-state index is -0.609. The van der Waals surface area contributed by atoms with E-state index in [1.165, 1.54) is 5.56 Å². The van der Waals surface area contributed by atoms with Gasteiger partial charge >= 0.3 is 0 Å². The van der Waals surface area contributed by atoms with Crippen LogP contribution in [0.25, 0.3) is 5.76 Å². The number of aryl methyl sites for hydroxylation is 2. The molecule has 4 heteroatoms. The molecule has 1 unspecified atom stereocenters. The number of aliphatic hydroxyl groups is 1. The van der Waals surface area contributed by atoms with Crippen LogP contribution in [0, 0.1) is 13.8 Å². The zero-order valence-electron chi connectivity index (χ0n) is 18.5. The summed E-state index contributed by atoms with van der Waals surface area (Å²) in [6.45, 7) is 10.6. The van der Waals surface area contributed by atoms with Crippen molar-refractivity contribution in [1.82, 2.24) is 4.90 Å². The van der Waals surface area contributed by atoms with E-state index >= 15 is 0 Å². The second-order valence-corrected chi connectivity index (χ2v) is 8.49. The number of carbonyl (C=O) groups is 2. The first-order valence-electron chi connectivity index (χ1n) is 10.7. The van der Waals surface area contributed by atoms with Crippen LogP contribution < -0.4 is 0 Å². The van der Waals surface area contributed by atoms with Crippen LogP contribution in [0.3, 0.4) is 0 Å². The van der Waals surface area contributed by atoms with Gasteiger partial charge in [0.15, 0.2) is 0 Å². The molecule has 2 aromatic carbocycles. The first kappa shape index (κ1) is 21.8. The molecule has 4 nitrogen and oxygen atoms in total. The average molecular weight is 406 g/mol. The van der Waals surface area contributed by atoms with E-state index in [1.54, 1.807) is 4.90 Å². The molecule has 0 aromatic heterocycles. The van der Waals surface area contributed by atoms with E-state index in [-0.39, 0.29) is 11.3 Å². The van der Waals surface area contributed by atoms with Crippen molar-refractivity contribution < 1.29 is 14.7 Å². The second-order valence-electron chi connectivity index (χ2n) is 8.49. The van der Waals surface area contributed by atoms with E-state index < -0.39 is 17.7 Å². The van der Waals surface area contributed by atoms with Crippen molar-refractivity contribution >= 4 is 17.4 Å². The number of carbonyl (C=O) groups excluding carboxylic acids is 2. The molecule has 1 heterocycles. The van der Waals surface area contributed by atoms with Crippen molar-refractivity contribution in [3.8, 4) is 0 Å². The molecule has 0 bridgehead atoms. The molecule has 3 rings (SSSR count). The third kappa shape index (κ3) is 4.04. The maximum atomic E-state index is 13.0. The Morgan fingerprint density at radius 1 is 1.07 bits per heavy atom. The topological polar surface area (TPSA) is 57.6 Å². The van der Waals surface area contributed by atoms with Crippen molar-refractivity contribution in [2.45, 2.75) is 59.4 Å². The second kappa shape index (κ2) is 8.86. The van der Waals surface area contributed by atoms with Gasteiger partial charge in [0.1, 0.15) is 5.76 Å². The summed E-state index contributed by atoms with van der Waals surface area (Å²) in [5.41, 5.74) is 4.68. The first-order chi connectivity index (χ1) is 14.3. The lowest BCUT2D eigenvalue weighted by Crippen LogP contribution is -2.30. The number of hydrogen-bond donors (Lipinski definition) is 1. The fraction of sp³-hybridized carbons (Fsp3) is 0.385. The minimum Gasteiger partial charge on any atom is -0.507 e. The fourth-order valence-corrected chi connectivity index (χ4v) is 3.98. The van der Waals surface area contributed by atoms with Crippen molar-refractivity contribution in [2.24, 2.45) is 0 Å². The zero-order valence-corrected chi connectivity index (χ0v) is 18.5. The van der Waals surface area contributed by atoms with Crippen LogP contribution in [0.2, 0.25) is 0 Å². The van der Waals surface area contributed by atoms with Crippen LogP contribution >= 0.6 is 0 Å². The molecular weight excluding hydrogens is 374 g/mol. The number of ketones is 1. The van der Waals surface area contributed by atoms with Gasteiger partial charge in [0, 0.05) is 12.1 Å². The Hall–Kier alpha value is -2.88. The summed E-state index contributed by atoms with van der Waals surface area (Å²) in [5.74, 6) is -0.845. The highest BCUT2D eigenvalue weighted by atomic mass is 16.3. The molecule has 0 radical (unpaired) electrons. The minimum absolute atomic E-state index is 0.0912. The highest BCUT2D eigenvalue weighted by Crippen LogP contribution is 2.40. The standard InChI is InChI=1S/C26H31NO3/c1-6-7-14-27-23(20-12-10-19(11-13-20)16(2)3)22(25(29)26(27)30)24(28)21-15-17(4)8-9-18(21)5/h8-13,15-16,23,28H,6-7,14H2,1-5H3/b24-22+. The molecular formula is C26H31NO3. The maximum absolute atomic E-state index is 13.0. The third-order valence-electron chi connectivity index (χ3n) is 5.86. The van der Waals surface area contributed by atoms with E-state index in [2.05, 4.69) is 20.8 Å². The Bertz CT molecular complexity index is 986. The molecule has 1 aliphatic heterocycles. The van der Waals surface area contributed by atoms with Gasteiger partial charge in [0.05, 0.1) is 11.6 Å². The molecule has 2 aromatic rings. The Morgan fingerprint density at radius 3 is 2.33 bits per heavy atom. The summed E-state index contributed by atoms with van der Waals surface area (Å²) >= 11 is 0. The summed E-state index contributed by atoms with van der Waals surface area (Å²) in [7, 11) is 0. The van der Waals surface area contributed by atoms with Gasteiger partial charge in [-0.1, -0.05) is 69.2 Å². The molecule has 1 saturated heterocycles. The SMILES string of the molecule is CCCCN1C(=O)C(=O)/C(=C(/O)c2cc(C)ccc2C)C1c1ccc(C(C)C)cc1. The fourth-order valence-electron chi connectivity index (χ4n) is 3.98. The van der Waals surface area contributed by atoms with Crippen LogP contribution in [0.1, 0.15) is 73.4 Å². The predicted octanol–water partition coefficient (Wildman–Crippen LogP) is 5.65. The van der Waals surface area contributed by atoms with Gasteiger partial charge in [-0.3, -0.25) is 9.59 Å². The highest BCUT2D eigenvalue weighted by molar-refractivity contribution is 6.46. The van der Waals surface area contributed by atoms with Gasteiger partial charge in [-0.15, -0.1) is 0 Å². The van der Waals surface area contributed by atoms with Crippen molar-refractivity contribution in [3.63, 3.8) is 0 Å². The quantitative estimate of drug-likeness (QED) is 0.384. The van der Waals surface area contributed by atoms with E-state index in [0.29, 0.717) is 18.0 Å². The Labute approximate surface area is 179 Å². The van der Waals surface area contributed by atoms with Gasteiger partial charge in [0.2, 0.25) is 0 Å². The number of amides is 1. The molecule has 1 fully saturated rings. The number of aliphatic hydroxyl groups excluding tert-OH is 1. The Kier molecular flexibility index (Phi) is 6.45. The van der Waals surface area contributed by atoms with Crippen molar-refractivity contribution in [2.75, 3.05) is 6.54 Å². The summed E-state index contributed by atoms with van der Waals surface area (Å²) in [4.78, 5) is 27.6. The van der Waals surface area contributed by atoms with E-state index in [4.69, 9.17) is 0 Å². The number of unbranched alkanes of at least 4 members (excludes halogenated alkanes) is 1. The number of likely N-dealkylation sites (tertiary alicyclic amines) is 1. The van der Waals surface area contributed by atoms with Crippen LogP contribution in [0.15, 0.2) is 48.0 Å². The summed E-state index contributed by atoms with van der Waals surface area (Å²) < 4.78 is 0. The van der Waals surface area contributed by atoms with Crippen molar-refractivity contribution in [3.05, 3.63) is 75.9 Å². The first-order valence-corrected chi connectivity index (χ1v) is 10.7. The van der Waals surface area contributed by atoms with Gasteiger partial charge in [-0.25, -0.2) is 0 Å². The number of hydrogen-bond acceptors (Lipinski definition) is 3. The number of Topliss-reactive ketones (excluding diaryl/α,β-unsaturated/α-hetero) is 1. The molecule has 0 saturated carbocycles. The summed E-state index contributed by atoms with van der Waals surface area (Å²) in [6.07, 6.45) is 1.72. The van der Waals surface area contributed by atoms with Crippen LogP contribution in [0.4, 0.5) is 0 Å². The Morgan fingerprint density at radius 2 is 1.73 bits per heavy atom. The number of nitrogens with zero attached hydrogens (tertiary/aromatic N) is 1. The molecule has 1 amide bonds. The van der Waals surface area contributed by atoms with Gasteiger partial charge in [-0.2, -0.15) is 0 Å². The van der Waals surface area contributed by atoms with Crippen LogP contribution in [0.5, 0.6) is 0 Å². The molecule has 1 aliphatic rings. The molecule has 0 spiro atoms. The molecule has 158 valence electrons. The smallest absolute Gasteiger partial charge is 0.295 e. The largest absolute Gasteiger partial charge is 0.507 e. The lowest BCUT2D eigenvalue weighted by Gasteiger charge is -2.25. The normalized spacial score (nSPS) is 18.5. The average Bonchev–Trinajstić information content (AvgIpc) is 2.98. The lowest BCUT2D eigenvalue weighted by atomic mass is 9.92.